The maximum Gasteiger partial charge on any atom is 0.0538 e. The lowest BCUT2D eigenvalue weighted by Gasteiger charge is -2.17. The Balaban J connectivity index is 0.000000698. The zero-order valence-electron chi connectivity index (χ0n) is 29.6. The Morgan fingerprint density at radius 3 is 2.27 bits per heavy atom. The minimum absolute atomic E-state index is 0.933. The van der Waals surface area contributed by atoms with Crippen LogP contribution in [0.3, 0.4) is 0 Å². The van der Waals surface area contributed by atoms with Crippen LogP contribution in [0, 0.1) is 0 Å². The average Bonchev–Trinajstić information content (AvgIpc) is 3.45. The van der Waals surface area contributed by atoms with Gasteiger partial charge in [0.05, 0.1) is 11.0 Å². The van der Waals surface area contributed by atoms with E-state index >= 15 is 0 Å². The quantitative estimate of drug-likeness (QED) is 0.114. The Labute approximate surface area is 294 Å². The van der Waals surface area contributed by atoms with E-state index in [-0.39, 0.29) is 0 Å². The van der Waals surface area contributed by atoms with Crippen molar-refractivity contribution in [2.24, 2.45) is 4.99 Å². The lowest BCUT2D eigenvalue weighted by atomic mass is 9.94. The van der Waals surface area contributed by atoms with Crippen LogP contribution in [0.5, 0.6) is 0 Å². The monoisotopic (exact) mass is 642 g/mol. The van der Waals surface area contributed by atoms with Gasteiger partial charge in [0.1, 0.15) is 0 Å². The zero-order valence-corrected chi connectivity index (χ0v) is 29.6. The number of aromatic nitrogens is 1. The maximum atomic E-state index is 4.68. The molecule has 0 aliphatic carbocycles. The lowest BCUT2D eigenvalue weighted by Crippen LogP contribution is -2.01. The van der Waals surface area contributed by atoms with Crippen molar-refractivity contribution in [2.45, 2.75) is 53.4 Å². The molecule has 0 N–H and O–H groups in total. The topological polar surface area (TPSA) is 17.3 Å². The molecule has 4 aromatic rings. The van der Waals surface area contributed by atoms with Gasteiger partial charge in [-0.3, -0.25) is 4.99 Å². The number of nitrogens with zero attached hydrogens (tertiary/aromatic N) is 2. The first-order chi connectivity index (χ1) is 24.1. The molecule has 0 radical (unpaired) electrons. The molecule has 0 spiro atoms. The zero-order chi connectivity index (χ0) is 34.8. The summed E-state index contributed by atoms with van der Waals surface area (Å²) in [6, 6.07) is 24.5. The van der Waals surface area contributed by atoms with Crippen molar-refractivity contribution in [3.8, 4) is 11.1 Å². The molecule has 248 valence electrons. The van der Waals surface area contributed by atoms with Crippen molar-refractivity contribution in [2.75, 3.05) is 0 Å². The summed E-state index contributed by atoms with van der Waals surface area (Å²) in [4.78, 5) is 4.68. The Morgan fingerprint density at radius 1 is 0.776 bits per heavy atom. The predicted octanol–water partition coefficient (Wildman–Crippen LogP) is 13.5. The van der Waals surface area contributed by atoms with E-state index in [1.807, 2.05) is 74.7 Å². The van der Waals surface area contributed by atoms with Crippen LogP contribution in [0.2, 0.25) is 0 Å². The first kappa shape index (κ1) is 36.4. The van der Waals surface area contributed by atoms with E-state index in [1.165, 1.54) is 44.2 Å². The molecule has 0 amide bonds. The van der Waals surface area contributed by atoms with Crippen LogP contribution in [-0.4, -0.2) is 10.8 Å². The molecule has 1 aromatic heterocycles. The molecule has 49 heavy (non-hydrogen) atoms. The van der Waals surface area contributed by atoms with Crippen molar-refractivity contribution >= 4 is 33.7 Å². The molecule has 0 unspecified atom stereocenters. The maximum absolute atomic E-state index is 4.68. The SMILES string of the molecule is C=C/C=C\C=C/C.C=CC(=C\C=C1/CCc2ccccc2-c2ccc3c(c2)c2ccccc2n31)/C(C)=C\C=C(CCC)\N=C\C=C/C=C\C. The summed E-state index contributed by atoms with van der Waals surface area (Å²) in [7, 11) is 0. The van der Waals surface area contributed by atoms with Crippen LogP contribution in [0.4, 0.5) is 0 Å². The molecular weight excluding hydrogens is 593 g/mol. The third-order valence-corrected chi connectivity index (χ3v) is 8.39. The van der Waals surface area contributed by atoms with Gasteiger partial charge >= 0.3 is 0 Å². The third kappa shape index (κ3) is 9.78. The second kappa shape index (κ2) is 19.4. The van der Waals surface area contributed by atoms with Gasteiger partial charge < -0.3 is 4.57 Å². The largest absolute Gasteiger partial charge is 0.313 e. The van der Waals surface area contributed by atoms with Crippen molar-refractivity contribution < 1.29 is 0 Å². The van der Waals surface area contributed by atoms with Crippen molar-refractivity contribution in [1.29, 1.82) is 0 Å². The van der Waals surface area contributed by atoms with Gasteiger partial charge in [-0.2, -0.15) is 0 Å². The summed E-state index contributed by atoms with van der Waals surface area (Å²) >= 11 is 0. The molecule has 0 atom stereocenters. The lowest BCUT2D eigenvalue weighted by molar-refractivity contribution is 0.895. The van der Waals surface area contributed by atoms with Gasteiger partial charge in [-0.15, -0.1) is 0 Å². The number of aliphatic imine (C=N–C) groups is 1. The molecular formula is C47H50N2. The molecule has 2 aliphatic rings. The summed E-state index contributed by atoms with van der Waals surface area (Å²) in [6.45, 7) is 16.0. The molecule has 0 saturated carbocycles. The van der Waals surface area contributed by atoms with Gasteiger partial charge in [-0.25, -0.2) is 0 Å². The van der Waals surface area contributed by atoms with Gasteiger partial charge in [0.15, 0.2) is 0 Å². The van der Waals surface area contributed by atoms with Crippen LogP contribution in [-0.2, 0) is 6.42 Å². The molecule has 3 heterocycles. The second-order valence-electron chi connectivity index (χ2n) is 11.8. The number of hydrogen-bond donors (Lipinski definition) is 0. The third-order valence-electron chi connectivity index (χ3n) is 8.39. The number of rotatable bonds is 11. The van der Waals surface area contributed by atoms with Crippen molar-refractivity contribution in [3.63, 3.8) is 0 Å². The van der Waals surface area contributed by atoms with Crippen LogP contribution in [0.1, 0.15) is 52.5 Å². The fourth-order valence-corrected chi connectivity index (χ4v) is 5.93. The van der Waals surface area contributed by atoms with Crippen molar-refractivity contribution in [3.05, 3.63) is 187 Å². The summed E-state index contributed by atoms with van der Waals surface area (Å²) in [5.74, 6) is 0. The second-order valence-corrected chi connectivity index (χ2v) is 11.8. The van der Waals surface area contributed by atoms with Crippen LogP contribution in [0.15, 0.2) is 187 Å². The number of hydrogen-bond acceptors (Lipinski definition) is 1. The van der Waals surface area contributed by atoms with E-state index in [9.17, 15) is 0 Å². The number of aryl methyl sites for hydroxylation is 1. The van der Waals surface area contributed by atoms with E-state index in [4.69, 9.17) is 0 Å². The van der Waals surface area contributed by atoms with Gasteiger partial charge in [-0.05, 0) is 104 Å². The minimum atomic E-state index is 0.933. The van der Waals surface area contributed by atoms with Crippen molar-refractivity contribution in [1.82, 2.24) is 4.57 Å². The minimum Gasteiger partial charge on any atom is -0.313 e. The molecule has 3 aromatic carbocycles. The predicted molar refractivity (Wildman–Crippen MR) is 219 cm³/mol. The first-order valence-electron chi connectivity index (χ1n) is 17.3. The molecule has 2 heteroatoms. The summed E-state index contributed by atoms with van der Waals surface area (Å²) in [6.07, 6.45) is 34.0. The van der Waals surface area contributed by atoms with Gasteiger partial charge in [-0.1, -0.05) is 142 Å². The highest BCUT2D eigenvalue weighted by Crippen LogP contribution is 2.38. The summed E-state index contributed by atoms with van der Waals surface area (Å²) in [5, 5.41) is 2.59. The number of allylic oxidation sites excluding steroid dienone is 18. The Kier molecular flexibility index (Phi) is 14.4. The Morgan fingerprint density at radius 2 is 1.51 bits per heavy atom. The highest BCUT2D eigenvalue weighted by molar-refractivity contribution is 6.11. The normalized spacial score (nSPS) is 15.1. The van der Waals surface area contributed by atoms with E-state index in [0.717, 1.165) is 42.5 Å². The number of fused-ring (bicyclic) bond motifs is 4. The molecule has 4 bridgehead atoms. The molecule has 2 nitrogen and oxygen atoms in total. The average molecular weight is 643 g/mol. The standard InChI is InChI=1S/C40H40N2.C7H10/c1-5-8-9-14-28-41-34(15-6-2)24-20-30(4)31(7-3)21-25-35-26-22-32-16-10-11-17-36(32)33-23-27-40-38(29-33)37-18-12-13-19-39(37)42(35)40;1-3-5-7-6-4-2/h5,7-14,16-21,23-25,27-29H,3,6,15,22,26H2,1-2,4H3;3-7H,1H2,2H3/b8-5-,14-9-,30-20-,31-21+,34-24+,35-25+,41-28+;6-4-,7-5-. The van der Waals surface area contributed by atoms with Crippen LogP contribution < -0.4 is 0 Å². The summed E-state index contributed by atoms with van der Waals surface area (Å²) in [5.41, 5.74) is 11.1. The van der Waals surface area contributed by atoms with E-state index < -0.39 is 0 Å². The van der Waals surface area contributed by atoms with E-state index in [1.54, 1.807) is 6.08 Å². The number of para-hydroxylation sites is 1. The Hall–Kier alpha value is -5.47. The summed E-state index contributed by atoms with van der Waals surface area (Å²) < 4.78 is 2.45. The molecule has 0 saturated heterocycles. The Bertz CT molecular complexity index is 2020. The number of benzene rings is 3. The molecule has 6 rings (SSSR count). The van der Waals surface area contributed by atoms with Crippen LogP contribution in [0.25, 0.3) is 38.6 Å². The molecule has 0 fully saturated rings. The van der Waals surface area contributed by atoms with Crippen LogP contribution >= 0.6 is 0 Å². The fourth-order valence-electron chi connectivity index (χ4n) is 5.93. The highest BCUT2D eigenvalue weighted by atomic mass is 15.0. The van der Waals surface area contributed by atoms with Gasteiger partial charge in [0.2, 0.25) is 0 Å². The van der Waals surface area contributed by atoms with Gasteiger partial charge in [0, 0.05) is 28.4 Å². The highest BCUT2D eigenvalue weighted by Gasteiger charge is 2.17. The molecule has 2 aliphatic heterocycles. The smallest absolute Gasteiger partial charge is 0.0538 e. The van der Waals surface area contributed by atoms with E-state index in [0.29, 0.717) is 0 Å². The first-order valence-corrected chi connectivity index (χ1v) is 17.3. The van der Waals surface area contributed by atoms with E-state index in [2.05, 4.69) is 128 Å². The fraction of sp³-hybridized carbons (Fsp3) is 0.170. The van der Waals surface area contributed by atoms with Gasteiger partial charge in [0.25, 0.3) is 0 Å².